The highest BCUT2D eigenvalue weighted by Gasteiger charge is 2.77. The first-order valence-electron chi connectivity index (χ1n) is 15.0. The Morgan fingerprint density at radius 1 is 1.17 bits per heavy atom. The molecule has 41 heavy (non-hydrogen) atoms. The Labute approximate surface area is 250 Å². The first-order chi connectivity index (χ1) is 19.5. The molecule has 3 heterocycles. The molecule has 3 amide bonds. The topological polar surface area (TPSA) is 81.2 Å². The lowest BCUT2D eigenvalue weighted by molar-refractivity contribution is -0.146. The zero-order valence-electron chi connectivity index (χ0n) is 25.5. The van der Waals surface area contributed by atoms with Crippen molar-refractivity contribution >= 4 is 35.2 Å². The number of likely N-dealkylation sites (tertiary alicyclic amines) is 1. The second-order valence-corrected chi connectivity index (χ2v) is 13.9. The summed E-state index contributed by atoms with van der Waals surface area (Å²) in [6.45, 7) is 21.0. The summed E-state index contributed by atoms with van der Waals surface area (Å²) in [4.78, 5) is 49.1. The van der Waals surface area contributed by atoms with Crippen LogP contribution in [0.3, 0.4) is 0 Å². The number of aliphatic hydroxyl groups is 1. The first kappa shape index (κ1) is 31.4. The molecule has 1 aromatic rings. The molecule has 7 nitrogen and oxygen atoms in total. The van der Waals surface area contributed by atoms with Crippen LogP contribution in [-0.2, 0) is 14.4 Å². The number of hydrogen-bond donors (Lipinski definition) is 1. The Kier molecular flexibility index (Phi) is 9.44. The molecule has 0 aromatic heterocycles. The Bertz CT molecular complexity index is 1180. The summed E-state index contributed by atoms with van der Waals surface area (Å²) in [5.41, 5.74) is 2.77. The van der Waals surface area contributed by atoms with Gasteiger partial charge in [-0.25, -0.2) is 0 Å². The maximum Gasteiger partial charge on any atom is 0.251 e. The monoisotopic (exact) mass is 581 g/mol. The molecule has 8 heteroatoms. The molecule has 3 fully saturated rings. The molecule has 3 aliphatic heterocycles. The Morgan fingerprint density at radius 3 is 2.34 bits per heavy atom. The number of carbonyl (C=O) groups is 3. The number of hydrogen-bond acceptors (Lipinski definition) is 5. The van der Waals surface area contributed by atoms with Gasteiger partial charge in [0.2, 0.25) is 11.8 Å². The minimum atomic E-state index is -0.805. The van der Waals surface area contributed by atoms with Crippen molar-refractivity contribution in [1.29, 1.82) is 0 Å². The SMILES string of the molecule is C=CCN(CCC)C(=O)[C@@H]1[C@@H]2CC(C)C3(S2)C(C(=O)N(CC=C)c2c(C)cccc2C)N([C@@H](CO)C(C)C)C(=O)[C@H]13. The number of rotatable bonds is 12. The van der Waals surface area contributed by atoms with Gasteiger partial charge in [0.15, 0.2) is 0 Å². The zero-order chi connectivity index (χ0) is 30.2. The van der Waals surface area contributed by atoms with Crippen molar-refractivity contribution in [1.82, 2.24) is 9.80 Å². The van der Waals surface area contributed by atoms with Crippen LogP contribution in [0.25, 0.3) is 0 Å². The van der Waals surface area contributed by atoms with E-state index in [0.717, 1.165) is 29.7 Å². The number of amides is 3. The third kappa shape index (κ3) is 4.95. The molecular weight excluding hydrogens is 534 g/mol. The number of nitrogens with zero attached hydrogens (tertiary/aromatic N) is 3. The van der Waals surface area contributed by atoms with Gasteiger partial charge in [0.1, 0.15) is 6.04 Å². The van der Waals surface area contributed by atoms with Crippen LogP contribution in [0.5, 0.6) is 0 Å². The molecular formula is C33H47N3O4S. The lowest BCUT2D eigenvalue weighted by Crippen LogP contribution is -2.60. The predicted molar refractivity (Wildman–Crippen MR) is 167 cm³/mol. The largest absolute Gasteiger partial charge is 0.394 e. The van der Waals surface area contributed by atoms with Crippen LogP contribution in [0.1, 0.15) is 51.7 Å². The highest BCUT2D eigenvalue weighted by atomic mass is 32.2. The number of para-hydroxylation sites is 1. The minimum Gasteiger partial charge on any atom is -0.394 e. The molecule has 224 valence electrons. The van der Waals surface area contributed by atoms with Crippen LogP contribution in [0, 0.1) is 37.5 Å². The van der Waals surface area contributed by atoms with E-state index in [0.29, 0.717) is 19.6 Å². The number of aliphatic hydroxyl groups excluding tert-OH is 1. The van der Waals surface area contributed by atoms with Crippen LogP contribution in [0.4, 0.5) is 5.69 Å². The van der Waals surface area contributed by atoms with Crippen molar-refractivity contribution in [3.63, 3.8) is 0 Å². The standard InChI is InChI=1S/C33H47N3O4S/c1-9-15-34(16-10-2)30(38)26-25-18-23(8)33(41-25)27(26)31(39)36(24(19-37)20(4)5)29(33)32(40)35(17-11-3)28-21(6)13-12-14-22(28)7/h9,11-14,20,23-27,29,37H,1,3,10,15-19H2,2,4-8H3/t23?,24-,25-,26+,27-,29?,33?/m0/s1. The van der Waals surface area contributed by atoms with Crippen molar-refractivity contribution in [2.45, 2.75) is 76.5 Å². The van der Waals surface area contributed by atoms with Gasteiger partial charge in [-0.2, -0.15) is 0 Å². The Morgan fingerprint density at radius 2 is 1.80 bits per heavy atom. The fourth-order valence-corrected chi connectivity index (χ4v) is 10.1. The molecule has 0 radical (unpaired) electrons. The van der Waals surface area contributed by atoms with Gasteiger partial charge in [-0.15, -0.1) is 24.9 Å². The van der Waals surface area contributed by atoms with Gasteiger partial charge < -0.3 is 19.8 Å². The van der Waals surface area contributed by atoms with E-state index in [1.165, 1.54) is 0 Å². The second-order valence-electron chi connectivity index (χ2n) is 12.3. The molecule has 3 unspecified atom stereocenters. The van der Waals surface area contributed by atoms with Crippen molar-refractivity contribution in [3.8, 4) is 0 Å². The van der Waals surface area contributed by atoms with Gasteiger partial charge in [-0.3, -0.25) is 14.4 Å². The number of anilines is 1. The van der Waals surface area contributed by atoms with Crippen molar-refractivity contribution in [2.75, 3.05) is 31.1 Å². The molecule has 1 aromatic carbocycles. The fourth-order valence-electron chi connectivity index (χ4n) is 7.73. The summed E-state index contributed by atoms with van der Waals surface area (Å²) in [6.07, 6.45) is 5.04. The fraction of sp³-hybridized carbons (Fsp3) is 0.606. The number of fused-ring (bicyclic) bond motifs is 1. The quantitative estimate of drug-likeness (QED) is 0.365. The normalized spacial score (nSPS) is 29.0. The highest BCUT2D eigenvalue weighted by Crippen LogP contribution is 2.69. The average molecular weight is 582 g/mol. The average Bonchev–Trinajstić information content (AvgIpc) is 3.51. The minimum absolute atomic E-state index is 0.0211. The van der Waals surface area contributed by atoms with E-state index in [-0.39, 0.29) is 41.4 Å². The van der Waals surface area contributed by atoms with Gasteiger partial charge in [-0.1, -0.05) is 58.0 Å². The third-order valence-electron chi connectivity index (χ3n) is 9.46. The van der Waals surface area contributed by atoms with E-state index in [4.69, 9.17) is 0 Å². The zero-order valence-corrected chi connectivity index (χ0v) is 26.3. The van der Waals surface area contributed by atoms with Crippen LogP contribution >= 0.6 is 11.8 Å². The Balaban J connectivity index is 1.89. The number of aryl methyl sites for hydroxylation is 2. The summed E-state index contributed by atoms with van der Waals surface area (Å²) in [6, 6.07) is 4.61. The van der Waals surface area contributed by atoms with Crippen LogP contribution < -0.4 is 4.90 Å². The van der Waals surface area contributed by atoms with E-state index in [2.05, 4.69) is 20.1 Å². The van der Waals surface area contributed by atoms with Crippen molar-refractivity contribution in [3.05, 3.63) is 54.6 Å². The summed E-state index contributed by atoms with van der Waals surface area (Å²) in [5, 5.41) is 10.6. The highest BCUT2D eigenvalue weighted by molar-refractivity contribution is 8.02. The van der Waals surface area contributed by atoms with E-state index < -0.39 is 28.7 Å². The lowest BCUT2D eigenvalue weighted by Gasteiger charge is -2.43. The Hall–Kier alpha value is -2.58. The molecule has 7 atom stereocenters. The van der Waals surface area contributed by atoms with Crippen LogP contribution in [0.2, 0.25) is 0 Å². The first-order valence-corrected chi connectivity index (χ1v) is 15.9. The lowest BCUT2D eigenvalue weighted by atomic mass is 9.65. The van der Waals surface area contributed by atoms with Gasteiger partial charge in [-0.05, 0) is 49.7 Å². The summed E-state index contributed by atoms with van der Waals surface area (Å²) in [7, 11) is 0. The molecule has 3 aliphatic rings. The van der Waals surface area contributed by atoms with Crippen molar-refractivity contribution in [2.24, 2.45) is 23.7 Å². The van der Waals surface area contributed by atoms with E-state index in [1.54, 1.807) is 33.7 Å². The number of thioether (sulfide) groups is 1. The maximum absolute atomic E-state index is 15.0. The maximum atomic E-state index is 15.0. The molecule has 1 spiro atoms. The van der Waals surface area contributed by atoms with Crippen LogP contribution in [0.15, 0.2) is 43.5 Å². The molecule has 2 bridgehead atoms. The number of benzene rings is 1. The van der Waals surface area contributed by atoms with E-state index in [9.17, 15) is 14.7 Å². The second kappa shape index (κ2) is 12.3. The van der Waals surface area contributed by atoms with Gasteiger partial charge >= 0.3 is 0 Å². The molecule has 4 rings (SSSR count). The van der Waals surface area contributed by atoms with E-state index >= 15 is 4.79 Å². The molecule has 3 saturated heterocycles. The summed E-state index contributed by atoms with van der Waals surface area (Å²) < 4.78 is -0.760. The van der Waals surface area contributed by atoms with E-state index in [1.807, 2.05) is 57.7 Å². The number of carbonyl (C=O) groups excluding carboxylic acids is 3. The molecule has 0 aliphatic carbocycles. The van der Waals surface area contributed by atoms with Gasteiger partial charge in [0.25, 0.3) is 5.91 Å². The summed E-state index contributed by atoms with van der Waals surface area (Å²) >= 11 is 1.68. The smallest absolute Gasteiger partial charge is 0.251 e. The molecule has 1 N–H and O–H groups in total. The van der Waals surface area contributed by atoms with Gasteiger partial charge in [0.05, 0.1) is 29.2 Å². The third-order valence-corrected chi connectivity index (χ3v) is 11.5. The predicted octanol–water partition coefficient (Wildman–Crippen LogP) is 4.60. The van der Waals surface area contributed by atoms with Crippen molar-refractivity contribution < 1.29 is 19.5 Å². The summed E-state index contributed by atoms with van der Waals surface area (Å²) in [5.74, 6) is -1.52. The van der Waals surface area contributed by atoms with Crippen LogP contribution in [-0.4, -0.2) is 80.9 Å². The van der Waals surface area contributed by atoms with Gasteiger partial charge in [0, 0.05) is 30.6 Å². The molecule has 0 saturated carbocycles.